The van der Waals surface area contributed by atoms with Gasteiger partial charge in [0.15, 0.2) is 0 Å². The molecule has 1 saturated heterocycles. The molecule has 1 N–H and O–H groups in total. The highest BCUT2D eigenvalue weighted by Crippen LogP contribution is 2.32. The van der Waals surface area contributed by atoms with E-state index < -0.39 is 0 Å². The third-order valence-electron chi connectivity index (χ3n) is 3.31. The summed E-state index contributed by atoms with van der Waals surface area (Å²) in [5.41, 5.74) is 0.727. The van der Waals surface area contributed by atoms with Crippen LogP contribution in [-0.2, 0) is 9.59 Å². The molecule has 1 fully saturated rings. The fourth-order valence-corrected chi connectivity index (χ4v) is 3.44. The second-order valence-corrected chi connectivity index (χ2v) is 6.69. The molecule has 122 valence electrons. The zero-order chi connectivity index (χ0) is 16.9. The summed E-state index contributed by atoms with van der Waals surface area (Å²) in [5.74, 6) is 0.233. The van der Waals surface area contributed by atoms with Crippen LogP contribution in [0.1, 0.15) is 12.2 Å². The van der Waals surface area contributed by atoms with E-state index in [0.717, 1.165) is 5.69 Å². The van der Waals surface area contributed by atoms with Crippen molar-refractivity contribution in [1.29, 1.82) is 0 Å². The predicted octanol–water partition coefficient (Wildman–Crippen LogP) is 3.51. The minimum absolute atomic E-state index is 0.162. The van der Waals surface area contributed by atoms with Gasteiger partial charge < -0.3 is 9.73 Å². The molecule has 0 aliphatic carbocycles. The van der Waals surface area contributed by atoms with E-state index in [1.807, 2.05) is 30.3 Å². The summed E-state index contributed by atoms with van der Waals surface area (Å²) < 4.78 is 5.66. The highest BCUT2D eigenvalue weighted by atomic mass is 32.2. The molecule has 0 unspecified atom stereocenters. The van der Waals surface area contributed by atoms with E-state index in [0.29, 0.717) is 15.0 Å². The number of anilines is 1. The average Bonchev–Trinajstić information content (AvgIpc) is 3.16. The monoisotopic (exact) mass is 358 g/mol. The van der Waals surface area contributed by atoms with E-state index in [9.17, 15) is 9.59 Å². The Morgan fingerprint density at radius 1 is 1.25 bits per heavy atom. The molecule has 1 aliphatic rings. The minimum atomic E-state index is -0.200. The number of benzene rings is 1. The lowest BCUT2D eigenvalue weighted by Gasteiger charge is -2.14. The Balaban J connectivity index is 1.58. The number of amides is 2. The lowest BCUT2D eigenvalue weighted by atomic mass is 10.3. The quantitative estimate of drug-likeness (QED) is 0.655. The molecule has 0 spiro atoms. The van der Waals surface area contributed by atoms with E-state index in [1.54, 1.807) is 24.5 Å². The Labute approximate surface area is 148 Å². The Morgan fingerprint density at radius 3 is 2.75 bits per heavy atom. The van der Waals surface area contributed by atoms with Gasteiger partial charge in [0.25, 0.3) is 5.91 Å². The molecule has 24 heavy (non-hydrogen) atoms. The van der Waals surface area contributed by atoms with Crippen molar-refractivity contribution in [3.8, 4) is 0 Å². The number of carbonyl (C=O) groups excluding carboxylic acids is 2. The van der Waals surface area contributed by atoms with E-state index >= 15 is 0 Å². The van der Waals surface area contributed by atoms with Crippen molar-refractivity contribution in [3.05, 3.63) is 59.4 Å². The van der Waals surface area contributed by atoms with Crippen LogP contribution in [0.5, 0.6) is 0 Å². The van der Waals surface area contributed by atoms with Crippen molar-refractivity contribution < 1.29 is 14.0 Å². The molecule has 1 aliphatic heterocycles. The SMILES string of the molecule is O=C(CCN1C(=O)/C(=C\c2ccco2)SC1=S)Nc1ccccc1. The van der Waals surface area contributed by atoms with Gasteiger partial charge in [-0.1, -0.05) is 42.2 Å². The molecule has 0 radical (unpaired) electrons. The Bertz CT molecular complexity index is 785. The second kappa shape index (κ2) is 7.46. The largest absolute Gasteiger partial charge is 0.465 e. The summed E-state index contributed by atoms with van der Waals surface area (Å²) in [6.07, 6.45) is 3.37. The Hall–Kier alpha value is -2.38. The fourth-order valence-electron chi connectivity index (χ4n) is 2.15. The third kappa shape index (κ3) is 3.93. The molecule has 2 heterocycles. The summed E-state index contributed by atoms with van der Waals surface area (Å²) in [6.45, 7) is 0.249. The second-order valence-electron chi connectivity index (χ2n) is 5.01. The van der Waals surface area contributed by atoms with Gasteiger partial charge >= 0.3 is 0 Å². The predicted molar refractivity (Wildman–Crippen MR) is 98.3 cm³/mol. The summed E-state index contributed by atoms with van der Waals surface area (Å²) >= 11 is 6.45. The van der Waals surface area contributed by atoms with Gasteiger partial charge in [0, 0.05) is 24.7 Å². The van der Waals surface area contributed by atoms with E-state index in [1.165, 1.54) is 16.7 Å². The molecular weight excluding hydrogens is 344 g/mol. The van der Waals surface area contributed by atoms with E-state index in [2.05, 4.69) is 5.32 Å². The molecule has 2 amide bonds. The molecule has 1 aromatic carbocycles. The maximum absolute atomic E-state index is 12.4. The van der Waals surface area contributed by atoms with Crippen LogP contribution < -0.4 is 5.32 Å². The first-order chi connectivity index (χ1) is 11.6. The van der Waals surface area contributed by atoms with Crippen LogP contribution in [0.15, 0.2) is 58.1 Å². The number of hydrogen-bond donors (Lipinski definition) is 1. The van der Waals surface area contributed by atoms with Crippen molar-refractivity contribution in [2.24, 2.45) is 0 Å². The maximum Gasteiger partial charge on any atom is 0.266 e. The number of furan rings is 1. The first kappa shape index (κ1) is 16.5. The third-order valence-corrected chi connectivity index (χ3v) is 4.69. The molecule has 5 nitrogen and oxygen atoms in total. The number of carbonyl (C=O) groups is 2. The van der Waals surface area contributed by atoms with Crippen LogP contribution in [-0.4, -0.2) is 27.6 Å². The molecule has 0 bridgehead atoms. The summed E-state index contributed by atoms with van der Waals surface area (Å²) in [6, 6.07) is 12.7. The molecule has 7 heteroatoms. The number of thiocarbonyl (C=S) groups is 1. The molecule has 0 saturated carbocycles. The van der Waals surface area contributed by atoms with Gasteiger partial charge in [-0.25, -0.2) is 0 Å². The smallest absolute Gasteiger partial charge is 0.266 e. The first-order valence-corrected chi connectivity index (χ1v) is 8.50. The van der Waals surface area contributed by atoms with Gasteiger partial charge in [0.1, 0.15) is 10.1 Å². The van der Waals surface area contributed by atoms with Gasteiger partial charge in [-0.2, -0.15) is 0 Å². The molecule has 3 rings (SSSR count). The van der Waals surface area contributed by atoms with Crippen LogP contribution in [0.4, 0.5) is 5.69 Å². The summed E-state index contributed by atoms with van der Waals surface area (Å²) in [7, 11) is 0. The molecule has 2 aromatic rings. The summed E-state index contributed by atoms with van der Waals surface area (Å²) in [4.78, 5) is 26.3. The van der Waals surface area contributed by atoms with Crippen LogP contribution in [0.25, 0.3) is 6.08 Å². The Kier molecular flexibility index (Phi) is 5.12. The van der Waals surface area contributed by atoms with Crippen LogP contribution in [0, 0.1) is 0 Å². The summed E-state index contributed by atoms with van der Waals surface area (Å²) in [5, 5.41) is 2.79. The highest BCUT2D eigenvalue weighted by Gasteiger charge is 2.32. The number of thioether (sulfide) groups is 1. The lowest BCUT2D eigenvalue weighted by molar-refractivity contribution is -0.122. The van der Waals surface area contributed by atoms with Crippen molar-refractivity contribution >= 4 is 51.9 Å². The average molecular weight is 358 g/mol. The van der Waals surface area contributed by atoms with E-state index in [-0.39, 0.29) is 24.8 Å². The van der Waals surface area contributed by atoms with Crippen molar-refractivity contribution in [2.45, 2.75) is 6.42 Å². The van der Waals surface area contributed by atoms with Crippen molar-refractivity contribution in [1.82, 2.24) is 4.90 Å². The lowest BCUT2D eigenvalue weighted by Crippen LogP contribution is -2.31. The van der Waals surface area contributed by atoms with Gasteiger partial charge in [0.2, 0.25) is 5.91 Å². The Morgan fingerprint density at radius 2 is 2.04 bits per heavy atom. The standard InChI is InChI=1S/C17H14N2O3S2/c20-15(18-12-5-2-1-3-6-12)8-9-19-16(21)14(24-17(19)23)11-13-7-4-10-22-13/h1-7,10-11H,8-9H2,(H,18,20)/b14-11+. The van der Waals surface area contributed by atoms with Crippen LogP contribution in [0.2, 0.25) is 0 Å². The number of nitrogens with one attached hydrogen (secondary N) is 1. The number of nitrogens with zero attached hydrogens (tertiary/aromatic N) is 1. The highest BCUT2D eigenvalue weighted by molar-refractivity contribution is 8.26. The molecule has 1 aromatic heterocycles. The molecule has 0 atom stereocenters. The number of rotatable bonds is 5. The van der Waals surface area contributed by atoms with Gasteiger partial charge in [-0.05, 0) is 24.3 Å². The van der Waals surface area contributed by atoms with Crippen molar-refractivity contribution in [3.63, 3.8) is 0 Å². The topological polar surface area (TPSA) is 62.6 Å². The molecular formula is C17H14N2O3S2. The maximum atomic E-state index is 12.4. The first-order valence-electron chi connectivity index (χ1n) is 7.27. The van der Waals surface area contributed by atoms with Crippen molar-refractivity contribution in [2.75, 3.05) is 11.9 Å². The van der Waals surface area contributed by atoms with E-state index in [4.69, 9.17) is 16.6 Å². The van der Waals surface area contributed by atoms with Crippen LogP contribution >= 0.6 is 24.0 Å². The number of hydrogen-bond acceptors (Lipinski definition) is 5. The van der Waals surface area contributed by atoms with Gasteiger partial charge in [0.05, 0.1) is 11.2 Å². The zero-order valence-corrected chi connectivity index (χ0v) is 14.2. The minimum Gasteiger partial charge on any atom is -0.465 e. The zero-order valence-electron chi connectivity index (χ0n) is 12.6. The van der Waals surface area contributed by atoms with Gasteiger partial charge in [-0.3, -0.25) is 14.5 Å². The fraction of sp³-hybridized carbons (Fsp3) is 0.118. The normalized spacial score (nSPS) is 16.0. The van der Waals surface area contributed by atoms with Crippen LogP contribution in [0.3, 0.4) is 0 Å². The number of para-hydroxylation sites is 1. The van der Waals surface area contributed by atoms with Gasteiger partial charge in [-0.15, -0.1) is 0 Å².